The Morgan fingerprint density at radius 3 is 2.81 bits per heavy atom. The number of ketones is 1. The molecule has 5 heteroatoms. The van der Waals surface area contributed by atoms with Crippen LogP contribution in [-0.2, 0) is 4.79 Å². The summed E-state index contributed by atoms with van der Waals surface area (Å²) in [5.74, 6) is 5.17. The van der Waals surface area contributed by atoms with Crippen molar-refractivity contribution in [3.63, 3.8) is 0 Å². The average Bonchev–Trinajstić information content (AvgIpc) is 2.29. The number of nitrogens with two attached hydrogens (primary N) is 1. The summed E-state index contributed by atoms with van der Waals surface area (Å²) in [6.07, 6.45) is 0.181. The second-order valence-electron chi connectivity index (χ2n) is 3.25. The Balaban J connectivity index is 2.51. The maximum Gasteiger partial charge on any atom is 0.237 e. The van der Waals surface area contributed by atoms with Gasteiger partial charge in [0.05, 0.1) is 13.0 Å². The quantitative estimate of drug-likeness (QED) is 0.331. The van der Waals surface area contributed by atoms with Crippen LogP contribution in [0.1, 0.15) is 23.7 Å². The summed E-state index contributed by atoms with van der Waals surface area (Å²) >= 11 is 0. The van der Waals surface area contributed by atoms with Gasteiger partial charge in [0, 0.05) is 5.56 Å². The summed E-state index contributed by atoms with van der Waals surface area (Å²) in [5, 5.41) is 0. The lowest BCUT2D eigenvalue weighted by Gasteiger charge is -2.06. The molecular weight excluding hydrogens is 208 g/mol. The van der Waals surface area contributed by atoms with Crippen molar-refractivity contribution in [2.45, 2.75) is 13.3 Å². The Kier molecular flexibility index (Phi) is 4.47. The van der Waals surface area contributed by atoms with Crippen LogP contribution in [0, 0.1) is 0 Å². The number of hydrogen-bond acceptors (Lipinski definition) is 4. The third-order valence-corrected chi connectivity index (χ3v) is 2.00. The van der Waals surface area contributed by atoms with Gasteiger partial charge in [-0.15, -0.1) is 0 Å². The fourth-order valence-electron chi connectivity index (χ4n) is 1.14. The molecule has 1 aromatic carbocycles. The van der Waals surface area contributed by atoms with E-state index in [0.717, 1.165) is 0 Å². The van der Waals surface area contributed by atoms with E-state index in [4.69, 9.17) is 10.6 Å². The molecule has 0 unspecified atom stereocenters. The van der Waals surface area contributed by atoms with Crippen LogP contribution >= 0.6 is 0 Å². The first-order valence-corrected chi connectivity index (χ1v) is 4.86. The van der Waals surface area contributed by atoms with Crippen LogP contribution in [-0.4, -0.2) is 18.3 Å². The number of Topliss-reactive ketones (excluding diaryl/α,β-unsaturated/α-hetero) is 1. The maximum absolute atomic E-state index is 11.1. The molecule has 0 aliphatic rings. The predicted molar refractivity (Wildman–Crippen MR) is 58.9 cm³/mol. The smallest absolute Gasteiger partial charge is 0.237 e. The summed E-state index contributed by atoms with van der Waals surface area (Å²) in [6, 6.07) is 6.81. The molecule has 0 atom stereocenters. The van der Waals surface area contributed by atoms with E-state index in [2.05, 4.69) is 0 Å². The van der Waals surface area contributed by atoms with Crippen molar-refractivity contribution >= 4 is 11.7 Å². The number of carbonyl (C=O) groups is 2. The van der Waals surface area contributed by atoms with Gasteiger partial charge in [0.25, 0.3) is 0 Å². The zero-order chi connectivity index (χ0) is 12.0. The van der Waals surface area contributed by atoms with Crippen molar-refractivity contribution in [2.75, 3.05) is 6.61 Å². The Morgan fingerprint density at radius 2 is 2.19 bits per heavy atom. The second-order valence-corrected chi connectivity index (χ2v) is 3.25. The normalized spacial score (nSPS) is 9.62. The number of ether oxygens (including phenoxy) is 1. The van der Waals surface area contributed by atoms with Crippen molar-refractivity contribution in [1.29, 1.82) is 0 Å². The highest BCUT2D eigenvalue weighted by Crippen LogP contribution is 2.13. The van der Waals surface area contributed by atoms with Gasteiger partial charge in [-0.3, -0.25) is 15.0 Å². The van der Waals surface area contributed by atoms with Crippen molar-refractivity contribution in [1.82, 2.24) is 5.43 Å². The van der Waals surface area contributed by atoms with Gasteiger partial charge in [0.15, 0.2) is 5.78 Å². The first-order valence-electron chi connectivity index (χ1n) is 4.86. The molecular formula is C11H14N2O3. The van der Waals surface area contributed by atoms with Gasteiger partial charge in [-0.05, 0) is 19.1 Å². The minimum atomic E-state index is -0.289. The fourth-order valence-corrected chi connectivity index (χ4v) is 1.14. The lowest BCUT2D eigenvalue weighted by Crippen LogP contribution is -2.31. The number of hydrogen-bond donors (Lipinski definition) is 2. The summed E-state index contributed by atoms with van der Waals surface area (Å²) in [5.41, 5.74) is 2.59. The molecule has 0 aliphatic heterocycles. The fraction of sp³-hybridized carbons (Fsp3) is 0.273. The topological polar surface area (TPSA) is 81.4 Å². The maximum atomic E-state index is 11.1. The van der Waals surface area contributed by atoms with Gasteiger partial charge in [0.1, 0.15) is 5.75 Å². The minimum Gasteiger partial charge on any atom is -0.493 e. The summed E-state index contributed by atoms with van der Waals surface area (Å²) in [7, 11) is 0. The Morgan fingerprint density at radius 1 is 1.44 bits per heavy atom. The SMILES string of the molecule is CC(=O)c1cccc(OCCC(=O)NN)c1. The molecule has 0 aromatic heterocycles. The highest BCUT2D eigenvalue weighted by Gasteiger charge is 2.02. The zero-order valence-corrected chi connectivity index (χ0v) is 9.03. The third kappa shape index (κ3) is 3.70. The molecule has 0 spiro atoms. The van der Waals surface area contributed by atoms with Gasteiger partial charge in [-0.25, -0.2) is 5.84 Å². The molecule has 0 heterocycles. The van der Waals surface area contributed by atoms with E-state index in [9.17, 15) is 9.59 Å². The van der Waals surface area contributed by atoms with Crippen LogP contribution in [0.25, 0.3) is 0 Å². The number of carbonyl (C=O) groups excluding carboxylic acids is 2. The average molecular weight is 222 g/mol. The first kappa shape index (κ1) is 12.2. The molecule has 1 amide bonds. The van der Waals surface area contributed by atoms with Crippen LogP contribution in [0.2, 0.25) is 0 Å². The lowest BCUT2D eigenvalue weighted by molar-refractivity contribution is -0.121. The third-order valence-electron chi connectivity index (χ3n) is 2.00. The molecule has 16 heavy (non-hydrogen) atoms. The Hall–Kier alpha value is -1.88. The van der Waals surface area contributed by atoms with E-state index >= 15 is 0 Å². The van der Waals surface area contributed by atoms with E-state index in [1.807, 2.05) is 5.43 Å². The van der Waals surface area contributed by atoms with E-state index in [1.165, 1.54) is 6.92 Å². The van der Waals surface area contributed by atoms with Gasteiger partial charge in [-0.2, -0.15) is 0 Å². The molecule has 86 valence electrons. The van der Waals surface area contributed by atoms with E-state index in [1.54, 1.807) is 24.3 Å². The summed E-state index contributed by atoms with van der Waals surface area (Å²) in [6.45, 7) is 1.71. The highest BCUT2D eigenvalue weighted by atomic mass is 16.5. The number of amides is 1. The minimum absolute atomic E-state index is 0.0230. The second kappa shape index (κ2) is 5.87. The number of nitrogens with one attached hydrogen (secondary N) is 1. The van der Waals surface area contributed by atoms with E-state index in [0.29, 0.717) is 11.3 Å². The predicted octanol–water partition coefficient (Wildman–Crippen LogP) is 0.648. The largest absolute Gasteiger partial charge is 0.493 e. The van der Waals surface area contributed by atoms with Crippen molar-refractivity contribution in [3.8, 4) is 5.75 Å². The number of rotatable bonds is 5. The molecule has 0 fully saturated rings. The lowest BCUT2D eigenvalue weighted by atomic mass is 10.1. The Bertz CT molecular complexity index is 391. The van der Waals surface area contributed by atoms with Crippen molar-refractivity contribution in [3.05, 3.63) is 29.8 Å². The molecule has 0 saturated heterocycles. The molecule has 0 saturated carbocycles. The molecule has 0 bridgehead atoms. The van der Waals surface area contributed by atoms with Crippen LogP contribution in [0.5, 0.6) is 5.75 Å². The summed E-state index contributed by atoms with van der Waals surface area (Å²) in [4.78, 5) is 21.9. The first-order chi connectivity index (χ1) is 7.63. The van der Waals surface area contributed by atoms with E-state index in [-0.39, 0.29) is 24.7 Å². The molecule has 5 nitrogen and oxygen atoms in total. The zero-order valence-electron chi connectivity index (χ0n) is 9.03. The monoisotopic (exact) mass is 222 g/mol. The van der Waals surface area contributed by atoms with Crippen LogP contribution in [0.15, 0.2) is 24.3 Å². The van der Waals surface area contributed by atoms with Gasteiger partial charge >= 0.3 is 0 Å². The van der Waals surface area contributed by atoms with Gasteiger partial charge in [0.2, 0.25) is 5.91 Å². The highest BCUT2D eigenvalue weighted by molar-refractivity contribution is 5.94. The van der Waals surface area contributed by atoms with Crippen molar-refractivity contribution < 1.29 is 14.3 Å². The molecule has 0 aliphatic carbocycles. The van der Waals surface area contributed by atoms with E-state index < -0.39 is 0 Å². The number of hydrazine groups is 1. The standard InChI is InChI=1S/C11H14N2O3/c1-8(14)9-3-2-4-10(7-9)16-6-5-11(15)13-12/h2-4,7H,5-6,12H2,1H3,(H,13,15). The molecule has 0 radical (unpaired) electrons. The molecule has 1 aromatic rings. The summed E-state index contributed by atoms with van der Waals surface area (Å²) < 4.78 is 5.30. The van der Waals surface area contributed by atoms with Crippen LogP contribution < -0.4 is 16.0 Å². The molecule has 3 N–H and O–H groups in total. The van der Waals surface area contributed by atoms with Crippen molar-refractivity contribution in [2.24, 2.45) is 5.84 Å². The number of benzene rings is 1. The van der Waals surface area contributed by atoms with Crippen LogP contribution in [0.3, 0.4) is 0 Å². The Labute approximate surface area is 93.6 Å². The van der Waals surface area contributed by atoms with Gasteiger partial charge < -0.3 is 4.74 Å². The molecule has 1 rings (SSSR count). The van der Waals surface area contributed by atoms with Crippen LogP contribution in [0.4, 0.5) is 0 Å². The van der Waals surface area contributed by atoms with Gasteiger partial charge in [-0.1, -0.05) is 12.1 Å².